The molecule has 0 aliphatic heterocycles. The maximum absolute atomic E-state index is 6.42. The van der Waals surface area contributed by atoms with Gasteiger partial charge in [-0.05, 0) is 40.5 Å². The Balaban J connectivity index is 1.33. The first kappa shape index (κ1) is 23.1. The van der Waals surface area contributed by atoms with E-state index in [1.54, 1.807) is 0 Å². The van der Waals surface area contributed by atoms with Gasteiger partial charge >= 0.3 is 0 Å². The number of hydrogen-bond donors (Lipinski definition) is 1. The summed E-state index contributed by atoms with van der Waals surface area (Å²) in [6.45, 7) is 2.89. The number of aromatic amines is 1. The van der Waals surface area contributed by atoms with Crippen LogP contribution in [0, 0.1) is 0 Å². The molecule has 0 fully saturated rings. The van der Waals surface area contributed by atoms with E-state index in [9.17, 15) is 0 Å². The number of halogens is 1. The standard InChI is InChI=1S/C29H24ClN7/c1-2-7-28-32-26-16-25(23-10-5-6-11-24(23)30)31-17-27(26)37(28)18-19-12-14-20(15-13-19)21-8-3-4-9-22(21)29-33-35-36-34-29/h3-6,8-17H,2,7,18H2,1H3,(H,33,34,35,36). The molecule has 182 valence electrons. The summed E-state index contributed by atoms with van der Waals surface area (Å²) in [5.74, 6) is 1.64. The lowest BCUT2D eigenvalue weighted by molar-refractivity contribution is 0.721. The van der Waals surface area contributed by atoms with Crippen molar-refractivity contribution in [3.05, 3.63) is 101 Å². The Labute approximate surface area is 219 Å². The van der Waals surface area contributed by atoms with Gasteiger partial charge in [0.25, 0.3) is 0 Å². The van der Waals surface area contributed by atoms with Crippen LogP contribution in [0.15, 0.2) is 85.1 Å². The number of rotatable bonds is 7. The average molecular weight is 506 g/mol. The number of tetrazole rings is 1. The topological polar surface area (TPSA) is 85.2 Å². The van der Waals surface area contributed by atoms with Crippen molar-refractivity contribution in [3.63, 3.8) is 0 Å². The van der Waals surface area contributed by atoms with Crippen molar-refractivity contribution in [2.45, 2.75) is 26.3 Å². The highest BCUT2D eigenvalue weighted by Crippen LogP contribution is 2.31. The Morgan fingerprint density at radius 2 is 1.65 bits per heavy atom. The second-order valence-corrected chi connectivity index (χ2v) is 9.29. The lowest BCUT2D eigenvalue weighted by Gasteiger charge is -2.11. The van der Waals surface area contributed by atoms with Crippen molar-refractivity contribution >= 4 is 22.6 Å². The highest BCUT2D eigenvalue weighted by molar-refractivity contribution is 6.33. The minimum Gasteiger partial charge on any atom is -0.322 e. The van der Waals surface area contributed by atoms with Crippen molar-refractivity contribution in [1.82, 2.24) is 35.2 Å². The number of aryl methyl sites for hydroxylation is 1. The first-order valence-electron chi connectivity index (χ1n) is 12.2. The van der Waals surface area contributed by atoms with Crippen molar-refractivity contribution in [3.8, 4) is 33.8 Å². The predicted octanol–water partition coefficient (Wildman–Crippen LogP) is 6.60. The summed E-state index contributed by atoms with van der Waals surface area (Å²) in [5.41, 5.74) is 7.98. The number of H-pyrrole nitrogens is 1. The van der Waals surface area contributed by atoms with Gasteiger partial charge in [0, 0.05) is 29.1 Å². The van der Waals surface area contributed by atoms with Crippen molar-refractivity contribution in [2.75, 3.05) is 0 Å². The first-order chi connectivity index (χ1) is 18.2. The smallest absolute Gasteiger partial charge is 0.205 e. The highest BCUT2D eigenvalue weighted by atomic mass is 35.5. The maximum atomic E-state index is 6.42. The van der Waals surface area contributed by atoms with Crippen LogP contribution in [0.5, 0.6) is 0 Å². The zero-order chi connectivity index (χ0) is 25.2. The fourth-order valence-electron chi connectivity index (χ4n) is 4.66. The molecule has 0 amide bonds. The monoisotopic (exact) mass is 505 g/mol. The molecule has 3 aromatic heterocycles. The van der Waals surface area contributed by atoms with E-state index in [1.807, 2.05) is 54.7 Å². The molecule has 8 heteroatoms. The van der Waals surface area contributed by atoms with Gasteiger partial charge in [0.2, 0.25) is 5.82 Å². The van der Waals surface area contributed by atoms with Crippen LogP contribution in [0.1, 0.15) is 24.7 Å². The summed E-state index contributed by atoms with van der Waals surface area (Å²) in [6.07, 6.45) is 3.82. The van der Waals surface area contributed by atoms with Crippen molar-refractivity contribution < 1.29 is 0 Å². The Kier molecular flexibility index (Phi) is 6.20. The molecule has 0 unspecified atom stereocenters. The average Bonchev–Trinajstić information content (AvgIpc) is 3.58. The molecule has 0 aliphatic carbocycles. The summed E-state index contributed by atoms with van der Waals surface area (Å²) >= 11 is 6.42. The molecule has 3 aromatic carbocycles. The van der Waals surface area contributed by atoms with Crippen LogP contribution < -0.4 is 0 Å². The fourth-order valence-corrected chi connectivity index (χ4v) is 4.89. The molecule has 3 heterocycles. The molecule has 0 spiro atoms. The fraction of sp³-hybridized carbons (Fsp3) is 0.138. The molecule has 0 saturated carbocycles. The normalized spacial score (nSPS) is 11.3. The Hall–Kier alpha value is -4.36. The minimum absolute atomic E-state index is 0.581. The number of hydrogen-bond acceptors (Lipinski definition) is 5. The van der Waals surface area contributed by atoms with Crippen LogP contribution in [0.2, 0.25) is 5.02 Å². The van der Waals surface area contributed by atoms with Gasteiger partial charge in [-0.2, -0.15) is 5.21 Å². The number of benzene rings is 3. The van der Waals surface area contributed by atoms with E-state index in [0.717, 1.165) is 57.6 Å². The summed E-state index contributed by atoms with van der Waals surface area (Å²) in [6, 6.07) is 26.5. The number of nitrogens with zero attached hydrogens (tertiary/aromatic N) is 6. The zero-order valence-electron chi connectivity index (χ0n) is 20.3. The summed E-state index contributed by atoms with van der Waals surface area (Å²) < 4.78 is 2.27. The lowest BCUT2D eigenvalue weighted by Crippen LogP contribution is -2.05. The number of aromatic nitrogens is 7. The summed E-state index contributed by atoms with van der Waals surface area (Å²) in [4.78, 5) is 9.71. The Morgan fingerprint density at radius 3 is 2.38 bits per heavy atom. The highest BCUT2D eigenvalue weighted by Gasteiger charge is 2.15. The van der Waals surface area contributed by atoms with E-state index < -0.39 is 0 Å². The van der Waals surface area contributed by atoms with Gasteiger partial charge in [0.05, 0.1) is 22.9 Å². The van der Waals surface area contributed by atoms with Gasteiger partial charge in [0.15, 0.2) is 0 Å². The number of nitrogens with one attached hydrogen (secondary N) is 1. The van der Waals surface area contributed by atoms with E-state index in [4.69, 9.17) is 21.6 Å². The van der Waals surface area contributed by atoms with E-state index in [-0.39, 0.29) is 0 Å². The molecule has 0 atom stereocenters. The number of fused-ring (bicyclic) bond motifs is 1. The van der Waals surface area contributed by atoms with Crippen LogP contribution in [0.4, 0.5) is 0 Å². The molecule has 6 rings (SSSR count). The Morgan fingerprint density at radius 1 is 0.892 bits per heavy atom. The summed E-state index contributed by atoms with van der Waals surface area (Å²) in [5, 5.41) is 15.2. The van der Waals surface area contributed by atoms with E-state index in [1.165, 1.54) is 5.56 Å². The van der Waals surface area contributed by atoms with Crippen molar-refractivity contribution in [2.24, 2.45) is 0 Å². The molecule has 1 N–H and O–H groups in total. The molecule has 6 aromatic rings. The third-order valence-corrected chi connectivity index (χ3v) is 6.79. The van der Waals surface area contributed by atoms with Crippen LogP contribution in [0.3, 0.4) is 0 Å². The second-order valence-electron chi connectivity index (χ2n) is 8.88. The van der Waals surface area contributed by atoms with Gasteiger partial charge in [-0.15, -0.1) is 10.2 Å². The molecule has 0 bridgehead atoms. The largest absolute Gasteiger partial charge is 0.322 e. The molecule has 37 heavy (non-hydrogen) atoms. The molecule has 0 saturated heterocycles. The van der Waals surface area contributed by atoms with Gasteiger partial charge in [-0.1, -0.05) is 85.3 Å². The van der Waals surface area contributed by atoms with Crippen LogP contribution in [0.25, 0.3) is 44.8 Å². The van der Waals surface area contributed by atoms with E-state index in [0.29, 0.717) is 17.4 Å². The van der Waals surface area contributed by atoms with Crippen molar-refractivity contribution in [1.29, 1.82) is 0 Å². The van der Waals surface area contributed by atoms with Gasteiger partial charge in [0.1, 0.15) is 5.82 Å². The maximum Gasteiger partial charge on any atom is 0.205 e. The third-order valence-electron chi connectivity index (χ3n) is 6.46. The lowest BCUT2D eigenvalue weighted by atomic mass is 9.98. The quantitative estimate of drug-likeness (QED) is 0.264. The number of pyridine rings is 1. The van der Waals surface area contributed by atoms with E-state index >= 15 is 0 Å². The van der Waals surface area contributed by atoms with E-state index in [2.05, 4.69) is 62.4 Å². The molecule has 0 aliphatic rings. The molecular formula is C29H24ClN7. The first-order valence-corrected chi connectivity index (χ1v) is 12.6. The number of imidazole rings is 1. The van der Waals surface area contributed by atoms with Gasteiger partial charge < -0.3 is 4.57 Å². The van der Waals surface area contributed by atoms with Gasteiger partial charge in [-0.3, -0.25) is 4.98 Å². The Bertz CT molecular complexity index is 1670. The predicted molar refractivity (Wildman–Crippen MR) is 146 cm³/mol. The van der Waals surface area contributed by atoms with Gasteiger partial charge in [-0.25, -0.2) is 4.98 Å². The zero-order valence-corrected chi connectivity index (χ0v) is 21.0. The SMILES string of the molecule is CCCc1nc2cc(-c3ccccc3Cl)ncc2n1Cc1ccc(-c2ccccc2-c2nn[nH]n2)cc1. The second kappa shape index (κ2) is 9.95. The van der Waals surface area contributed by atoms with Crippen LogP contribution >= 0.6 is 11.6 Å². The molecular weight excluding hydrogens is 482 g/mol. The molecule has 0 radical (unpaired) electrons. The third kappa shape index (κ3) is 4.49. The van der Waals surface area contributed by atoms with Crippen LogP contribution in [-0.4, -0.2) is 35.2 Å². The van der Waals surface area contributed by atoms with Crippen LogP contribution in [-0.2, 0) is 13.0 Å². The summed E-state index contributed by atoms with van der Waals surface area (Å²) in [7, 11) is 0. The molecule has 7 nitrogen and oxygen atoms in total. The minimum atomic E-state index is 0.581.